The van der Waals surface area contributed by atoms with Gasteiger partial charge >= 0.3 is 0 Å². The molecule has 2 aromatic carbocycles. The van der Waals surface area contributed by atoms with Gasteiger partial charge in [0.2, 0.25) is 0 Å². The summed E-state index contributed by atoms with van der Waals surface area (Å²) in [6, 6.07) is 10.5. The first-order valence-corrected chi connectivity index (χ1v) is 13.3. The summed E-state index contributed by atoms with van der Waals surface area (Å²) in [6.45, 7) is 3.89. The Morgan fingerprint density at radius 1 is 1.06 bits per heavy atom. The van der Waals surface area contributed by atoms with Crippen LogP contribution in [0.5, 0.6) is 0 Å². The average molecular weight is 557 g/mol. The lowest BCUT2D eigenvalue weighted by Crippen LogP contribution is -2.18. The number of aromatic nitrogens is 2. The lowest BCUT2D eigenvalue weighted by atomic mass is 10.0. The molecule has 2 aromatic heterocycles. The van der Waals surface area contributed by atoms with Crippen LogP contribution in [0.15, 0.2) is 62.3 Å². The van der Waals surface area contributed by atoms with Gasteiger partial charge in [-0.3, -0.25) is 9.36 Å². The number of thioether (sulfide) groups is 1. The fraction of sp³-hybridized carbons (Fsp3) is 0.259. The molecular formula is C27H23BrF2N2O2S. The van der Waals surface area contributed by atoms with E-state index in [-0.39, 0.29) is 22.8 Å². The van der Waals surface area contributed by atoms with Gasteiger partial charge in [0.05, 0.1) is 11.3 Å². The Morgan fingerprint density at radius 2 is 1.77 bits per heavy atom. The molecule has 180 valence electrons. The minimum Gasteiger partial charge on any atom is -0.440 e. The molecule has 4 aromatic rings. The summed E-state index contributed by atoms with van der Waals surface area (Å²) in [6.07, 6.45) is 3.56. The van der Waals surface area contributed by atoms with E-state index in [1.807, 2.05) is 37.7 Å². The Kier molecular flexibility index (Phi) is 6.68. The maximum absolute atomic E-state index is 14.8. The zero-order valence-corrected chi connectivity index (χ0v) is 21.7. The average Bonchev–Trinajstić information content (AvgIpc) is 3.25. The van der Waals surface area contributed by atoms with Gasteiger partial charge in [0.1, 0.15) is 17.3 Å². The van der Waals surface area contributed by atoms with E-state index in [2.05, 4.69) is 15.9 Å². The van der Waals surface area contributed by atoms with Crippen molar-refractivity contribution in [3.8, 4) is 28.3 Å². The number of hydrogen-bond donors (Lipinski definition) is 0. The molecule has 4 nitrogen and oxygen atoms in total. The molecule has 35 heavy (non-hydrogen) atoms. The molecule has 1 aliphatic rings. The third-order valence-corrected chi connectivity index (χ3v) is 7.78. The minimum absolute atomic E-state index is 0.133. The van der Waals surface area contributed by atoms with Crippen molar-refractivity contribution in [2.24, 2.45) is 0 Å². The second kappa shape index (κ2) is 9.74. The molecule has 3 heterocycles. The Balaban J connectivity index is 1.70. The molecular weight excluding hydrogens is 534 g/mol. The van der Waals surface area contributed by atoms with Crippen LogP contribution in [-0.2, 0) is 0 Å². The molecule has 0 radical (unpaired) electrons. The second-order valence-electron chi connectivity index (χ2n) is 8.75. The van der Waals surface area contributed by atoms with E-state index in [1.54, 1.807) is 16.8 Å². The highest BCUT2D eigenvalue weighted by atomic mass is 79.9. The quantitative estimate of drug-likeness (QED) is 0.262. The maximum Gasteiger partial charge on any atom is 0.255 e. The standard InChI is InChI=1S/C27H23BrF2N2O2S/c1-15-11-19(28)12-16(2)25(15)32-14-18(3-6-23(32)33)24-26(21-5-4-20(29)13-22(21)30)34-27(31-24)17-7-9-35-10-8-17/h3-6,11-14,17H,7-10H2,1-2H3. The van der Waals surface area contributed by atoms with E-state index < -0.39 is 11.6 Å². The molecule has 0 amide bonds. The van der Waals surface area contributed by atoms with E-state index >= 15 is 0 Å². The number of rotatable bonds is 4. The fourth-order valence-corrected chi connectivity index (χ4v) is 6.39. The van der Waals surface area contributed by atoms with E-state index in [0.717, 1.165) is 51.7 Å². The van der Waals surface area contributed by atoms with Crippen molar-refractivity contribution in [1.29, 1.82) is 0 Å². The van der Waals surface area contributed by atoms with Crippen molar-refractivity contribution in [2.45, 2.75) is 32.6 Å². The number of benzene rings is 2. The number of aryl methyl sites for hydroxylation is 2. The number of nitrogens with zero attached hydrogens (tertiary/aromatic N) is 2. The lowest BCUT2D eigenvalue weighted by Gasteiger charge is -2.17. The zero-order valence-electron chi connectivity index (χ0n) is 19.3. The number of pyridine rings is 1. The molecule has 1 fully saturated rings. The predicted octanol–water partition coefficient (Wildman–Crippen LogP) is 7.43. The first-order valence-electron chi connectivity index (χ1n) is 11.4. The molecule has 0 N–H and O–H groups in total. The van der Waals surface area contributed by atoms with Crippen LogP contribution in [0.2, 0.25) is 0 Å². The van der Waals surface area contributed by atoms with Gasteiger partial charge in [-0.1, -0.05) is 15.9 Å². The highest BCUT2D eigenvalue weighted by molar-refractivity contribution is 9.10. The summed E-state index contributed by atoms with van der Waals surface area (Å²) in [7, 11) is 0. The highest BCUT2D eigenvalue weighted by Crippen LogP contribution is 2.39. The lowest BCUT2D eigenvalue weighted by molar-refractivity contribution is 0.436. The molecule has 0 atom stereocenters. The molecule has 5 rings (SSSR count). The van der Waals surface area contributed by atoms with Crippen LogP contribution in [0.1, 0.15) is 35.8 Å². The third-order valence-electron chi connectivity index (χ3n) is 6.27. The Morgan fingerprint density at radius 3 is 2.46 bits per heavy atom. The van der Waals surface area contributed by atoms with Crippen LogP contribution in [0, 0.1) is 25.5 Å². The number of oxazole rings is 1. The van der Waals surface area contributed by atoms with Crippen molar-refractivity contribution in [1.82, 2.24) is 9.55 Å². The van der Waals surface area contributed by atoms with Gasteiger partial charge in [0, 0.05) is 34.3 Å². The number of hydrogen-bond acceptors (Lipinski definition) is 4. The molecule has 0 spiro atoms. The monoisotopic (exact) mass is 556 g/mol. The topological polar surface area (TPSA) is 48.0 Å². The summed E-state index contributed by atoms with van der Waals surface area (Å²) < 4.78 is 37.2. The van der Waals surface area contributed by atoms with E-state index in [4.69, 9.17) is 9.40 Å². The Labute approximate surface area is 214 Å². The van der Waals surface area contributed by atoms with Crippen LogP contribution < -0.4 is 5.56 Å². The Bertz CT molecular complexity index is 1450. The zero-order chi connectivity index (χ0) is 24.7. The summed E-state index contributed by atoms with van der Waals surface area (Å²) in [5.41, 5.74) is 3.64. The van der Waals surface area contributed by atoms with E-state index in [9.17, 15) is 13.6 Å². The van der Waals surface area contributed by atoms with Crippen LogP contribution in [0.4, 0.5) is 8.78 Å². The first kappa shape index (κ1) is 24.0. The van der Waals surface area contributed by atoms with Gasteiger partial charge in [-0.25, -0.2) is 13.8 Å². The minimum atomic E-state index is -0.721. The van der Waals surface area contributed by atoms with Crippen LogP contribution in [0.25, 0.3) is 28.3 Å². The van der Waals surface area contributed by atoms with Gasteiger partial charge in [-0.05, 0) is 79.7 Å². The van der Waals surface area contributed by atoms with Crippen molar-refractivity contribution < 1.29 is 13.2 Å². The largest absolute Gasteiger partial charge is 0.440 e. The molecule has 0 bridgehead atoms. The smallest absolute Gasteiger partial charge is 0.255 e. The second-order valence-corrected chi connectivity index (χ2v) is 10.9. The molecule has 1 saturated heterocycles. The van der Waals surface area contributed by atoms with Gasteiger partial charge in [0.25, 0.3) is 5.56 Å². The molecule has 1 aliphatic heterocycles. The molecule has 8 heteroatoms. The maximum atomic E-state index is 14.8. The van der Waals surface area contributed by atoms with Crippen LogP contribution in [0.3, 0.4) is 0 Å². The van der Waals surface area contributed by atoms with Crippen molar-refractivity contribution >= 4 is 27.7 Å². The van der Waals surface area contributed by atoms with Crippen molar-refractivity contribution in [2.75, 3.05) is 11.5 Å². The normalized spacial score (nSPS) is 14.4. The molecule has 0 saturated carbocycles. The summed E-state index contributed by atoms with van der Waals surface area (Å²) in [5, 5.41) is 0. The predicted molar refractivity (Wildman–Crippen MR) is 139 cm³/mol. The summed E-state index contributed by atoms with van der Waals surface area (Å²) >= 11 is 5.40. The van der Waals surface area contributed by atoms with Gasteiger partial charge < -0.3 is 4.42 Å². The van der Waals surface area contributed by atoms with Gasteiger partial charge in [-0.15, -0.1) is 0 Å². The highest BCUT2D eigenvalue weighted by Gasteiger charge is 2.26. The number of halogens is 3. The van der Waals surface area contributed by atoms with Crippen LogP contribution in [-0.4, -0.2) is 21.1 Å². The van der Waals surface area contributed by atoms with Crippen LogP contribution >= 0.6 is 27.7 Å². The van der Waals surface area contributed by atoms with Crippen molar-refractivity contribution in [3.63, 3.8) is 0 Å². The first-order chi connectivity index (χ1) is 16.8. The third kappa shape index (κ3) is 4.74. The molecule has 0 unspecified atom stereocenters. The Hall–Kier alpha value is -2.71. The van der Waals surface area contributed by atoms with E-state index in [0.29, 0.717) is 17.1 Å². The fourth-order valence-electron chi connectivity index (χ4n) is 4.59. The molecule has 0 aliphatic carbocycles. The van der Waals surface area contributed by atoms with Gasteiger partial charge in [-0.2, -0.15) is 11.8 Å². The summed E-state index contributed by atoms with van der Waals surface area (Å²) in [5.74, 6) is 1.56. The van der Waals surface area contributed by atoms with Gasteiger partial charge in [0.15, 0.2) is 11.7 Å². The SMILES string of the molecule is Cc1cc(Br)cc(C)c1-n1cc(-c2nc(C3CCSCC3)oc2-c2ccc(F)cc2F)ccc1=O. The summed E-state index contributed by atoms with van der Waals surface area (Å²) in [4.78, 5) is 17.7. The van der Waals surface area contributed by atoms with E-state index in [1.165, 1.54) is 18.2 Å². The van der Waals surface area contributed by atoms with Crippen molar-refractivity contribution in [3.05, 3.63) is 92.1 Å².